The van der Waals surface area contributed by atoms with E-state index in [1.807, 2.05) is 25.1 Å². The lowest BCUT2D eigenvalue weighted by atomic mass is 9.76. The summed E-state index contributed by atoms with van der Waals surface area (Å²) in [6.45, 7) is 6.32. The van der Waals surface area contributed by atoms with Crippen LogP contribution in [0.2, 0.25) is 0 Å². The highest BCUT2D eigenvalue weighted by molar-refractivity contribution is 5.95. The molecular weight excluding hydrogens is 574 g/mol. The number of nitrogens with one attached hydrogen (secondary N) is 1. The fourth-order valence-electron chi connectivity index (χ4n) is 5.04. The van der Waals surface area contributed by atoms with Gasteiger partial charge in [0.1, 0.15) is 25.1 Å². The summed E-state index contributed by atoms with van der Waals surface area (Å²) in [5, 5.41) is 2.62. The zero-order valence-corrected chi connectivity index (χ0v) is 25.7. The van der Waals surface area contributed by atoms with Gasteiger partial charge in [-0.1, -0.05) is 18.2 Å². The first-order valence-corrected chi connectivity index (χ1v) is 14.2. The van der Waals surface area contributed by atoms with E-state index >= 15 is 0 Å². The van der Waals surface area contributed by atoms with Gasteiger partial charge in [0.05, 0.1) is 19.1 Å². The zero-order valence-electron chi connectivity index (χ0n) is 25.7. The average Bonchev–Trinajstić information content (AvgIpc) is 2.97. The predicted octanol–water partition coefficient (Wildman–Crippen LogP) is 3.23. The monoisotopic (exact) mass is 613 g/mol. The van der Waals surface area contributed by atoms with Crippen molar-refractivity contribution in [3.63, 3.8) is 0 Å². The van der Waals surface area contributed by atoms with Gasteiger partial charge in [-0.15, -0.1) is 0 Å². The van der Waals surface area contributed by atoms with Crippen molar-refractivity contribution in [3.8, 4) is 16.9 Å². The smallest absolute Gasteiger partial charge is 0.302 e. The van der Waals surface area contributed by atoms with Crippen molar-refractivity contribution in [2.75, 3.05) is 33.5 Å². The molecule has 44 heavy (non-hydrogen) atoms. The molecule has 0 radical (unpaired) electrons. The van der Waals surface area contributed by atoms with Crippen LogP contribution in [-0.4, -0.2) is 75.7 Å². The second-order valence-electron chi connectivity index (χ2n) is 10.5. The predicted molar refractivity (Wildman–Crippen MR) is 156 cm³/mol. The lowest BCUT2D eigenvalue weighted by Crippen LogP contribution is -2.56. The second-order valence-corrected chi connectivity index (χ2v) is 10.5. The summed E-state index contributed by atoms with van der Waals surface area (Å²) in [4.78, 5) is 59.2. The summed E-state index contributed by atoms with van der Waals surface area (Å²) < 4.78 is 34.0. The molecule has 0 spiro atoms. The van der Waals surface area contributed by atoms with E-state index in [-0.39, 0.29) is 32.3 Å². The van der Waals surface area contributed by atoms with Crippen LogP contribution in [0.5, 0.6) is 5.75 Å². The summed E-state index contributed by atoms with van der Waals surface area (Å²) in [5.74, 6) is -3.73. The molecule has 1 saturated heterocycles. The Kier molecular flexibility index (Phi) is 12.3. The van der Waals surface area contributed by atoms with Crippen LogP contribution in [0.25, 0.3) is 11.1 Å². The Labute approximate surface area is 256 Å². The van der Waals surface area contributed by atoms with Crippen molar-refractivity contribution in [2.45, 2.75) is 47.0 Å². The standard InChI is InChI=1S/C32H39NO11/c1-18-12-24(23-8-7-9-25(13-23)31(38)33-6)10-11-29(18)43-32-28(16-41-21(4)36)26(14-39-19(2)34)27(15-40-20(3)35)30(44-32)17-42-22(5)37/h7-13,26-28,30,32H,14-17H2,1-6H3,(H,33,38)/t26-,27+,28+,30-,32+/m0/s1. The van der Waals surface area contributed by atoms with Gasteiger partial charge in [-0.3, -0.25) is 24.0 Å². The third kappa shape index (κ3) is 9.53. The second kappa shape index (κ2) is 15.9. The number of ether oxygens (including phenoxy) is 6. The largest absolute Gasteiger partial charge is 0.466 e. The summed E-state index contributed by atoms with van der Waals surface area (Å²) in [5.41, 5.74) is 2.95. The normalized spacial score (nSPS) is 21.0. The van der Waals surface area contributed by atoms with Gasteiger partial charge in [0.2, 0.25) is 6.29 Å². The van der Waals surface area contributed by atoms with Crippen molar-refractivity contribution in [1.82, 2.24) is 5.32 Å². The minimum Gasteiger partial charge on any atom is -0.466 e. The van der Waals surface area contributed by atoms with Crippen molar-refractivity contribution in [2.24, 2.45) is 17.8 Å². The van der Waals surface area contributed by atoms with E-state index in [9.17, 15) is 24.0 Å². The van der Waals surface area contributed by atoms with Crippen LogP contribution in [0.4, 0.5) is 0 Å². The fraction of sp³-hybridized carbons (Fsp3) is 0.469. The van der Waals surface area contributed by atoms with E-state index in [2.05, 4.69) is 5.32 Å². The molecule has 2 aromatic rings. The lowest BCUT2D eigenvalue weighted by Gasteiger charge is -2.45. The van der Waals surface area contributed by atoms with Gasteiger partial charge in [-0.25, -0.2) is 0 Å². The third-order valence-electron chi connectivity index (χ3n) is 7.23. The van der Waals surface area contributed by atoms with Crippen LogP contribution >= 0.6 is 0 Å². The van der Waals surface area contributed by atoms with Crippen LogP contribution < -0.4 is 10.1 Å². The van der Waals surface area contributed by atoms with Crippen LogP contribution in [0, 0.1) is 24.7 Å². The maximum absolute atomic E-state index is 12.1. The van der Waals surface area contributed by atoms with E-state index in [0.717, 1.165) is 16.7 Å². The molecule has 1 aliphatic heterocycles. The molecule has 238 valence electrons. The minimum atomic E-state index is -1.04. The lowest BCUT2D eigenvalue weighted by molar-refractivity contribution is -0.250. The van der Waals surface area contributed by atoms with Gasteiger partial charge >= 0.3 is 23.9 Å². The van der Waals surface area contributed by atoms with E-state index in [1.54, 1.807) is 31.3 Å². The molecule has 1 heterocycles. The van der Waals surface area contributed by atoms with Gasteiger partial charge in [0.15, 0.2) is 0 Å². The van der Waals surface area contributed by atoms with E-state index < -0.39 is 54.0 Å². The molecule has 5 atom stereocenters. The highest BCUT2D eigenvalue weighted by Crippen LogP contribution is 2.39. The number of rotatable bonds is 12. The maximum Gasteiger partial charge on any atom is 0.302 e. The first-order chi connectivity index (χ1) is 20.9. The topological polar surface area (TPSA) is 153 Å². The van der Waals surface area contributed by atoms with Crippen molar-refractivity contribution >= 4 is 29.8 Å². The first-order valence-electron chi connectivity index (χ1n) is 14.2. The highest BCUT2D eigenvalue weighted by atomic mass is 16.7. The molecule has 1 aliphatic rings. The minimum absolute atomic E-state index is 0.118. The molecule has 0 saturated carbocycles. The summed E-state index contributed by atoms with van der Waals surface area (Å²) in [7, 11) is 1.57. The Balaban J connectivity index is 1.98. The number of benzene rings is 2. The molecular formula is C32H39NO11. The number of esters is 4. The van der Waals surface area contributed by atoms with Gasteiger partial charge in [-0.05, 0) is 47.9 Å². The molecule has 0 bridgehead atoms. The number of aryl methyl sites for hydroxylation is 1. The Bertz CT molecular complexity index is 1360. The third-order valence-corrected chi connectivity index (χ3v) is 7.23. The van der Waals surface area contributed by atoms with E-state index in [0.29, 0.717) is 11.3 Å². The van der Waals surface area contributed by atoms with Crippen LogP contribution in [0.3, 0.4) is 0 Å². The number of amides is 1. The van der Waals surface area contributed by atoms with Gasteiger partial charge < -0.3 is 33.7 Å². The molecule has 0 aromatic heterocycles. The summed E-state index contributed by atoms with van der Waals surface area (Å²) in [6, 6.07) is 12.7. The Morgan fingerprint density at radius 3 is 1.82 bits per heavy atom. The molecule has 2 aromatic carbocycles. The Morgan fingerprint density at radius 2 is 1.25 bits per heavy atom. The SMILES string of the molecule is CNC(=O)c1cccc(-c2ccc(O[C@@H]3O[C@@H](COC(C)=O)[C@H](COC(C)=O)[C@H](COC(C)=O)[C@H]3COC(C)=O)c(C)c2)c1. The van der Waals surface area contributed by atoms with Crippen molar-refractivity contribution in [3.05, 3.63) is 53.6 Å². The molecule has 0 aliphatic carbocycles. The number of hydrogen-bond acceptors (Lipinski definition) is 11. The number of carbonyl (C=O) groups is 5. The molecule has 12 heteroatoms. The van der Waals surface area contributed by atoms with E-state index in [4.69, 9.17) is 28.4 Å². The summed E-state index contributed by atoms with van der Waals surface area (Å²) >= 11 is 0. The van der Waals surface area contributed by atoms with E-state index in [1.165, 1.54) is 27.7 Å². The number of hydrogen-bond donors (Lipinski definition) is 1. The average molecular weight is 614 g/mol. The number of carbonyl (C=O) groups excluding carboxylic acids is 5. The Hall–Kier alpha value is -4.45. The molecule has 1 amide bonds. The van der Waals surface area contributed by atoms with Gasteiger partial charge in [-0.2, -0.15) is 0 Å². The Morgan fingerprint density at radius 1 is 0.705 bits per heavy atom. The van der Waals surface area contributed by atoms with Crippen molar-refractivity contribution in [1.29, 1.82) is 0 Å². The van der Waals surface area contributed by atoms with Crippen molar-refractivity contribution < 1.29 is 52.4 Å². The van der Waals surface area contributed by atoms with Crippen LogP contribution in [-0.2, 0) is 42.9 Å². The first kappa shape index (κ1) is 34.0. The zero-order chi connectivity index (χ0) is 32.4. The van der Waals surface area contributed by atoms with Gasteiger partial charge in [0.25, 0.3) is 5.91 Å². The maximum atomic E-state index is 12.1. The van der Waals surface area contributed by atoms with Gasteiger partial charge in [0, 0.05) is 52.1 Å². The molecule has 3 rings (SSSR count). The fourth-order valence-corrected chi connectivity index (χ4v) is 5.04. The van der Waals surface area contributed by atoms with Crippen LogP contribution in [0.1, 0.15) is 43.6 Å². The molecule has 1 fully saturated rings. The van der Waals surface area contributed by atoms with Crippen LogP contribution in [0.15, 0.2) is 42.5 Å². The summed E-state index contributed by atoms with van der Waals surface area (Å²) in [6.07, 6.45) is -1.85. The highest BCUT2D eigenvalue weighted by Gasteiger charge is 2.49. The molecule has 12 nitrogen and oxygen atoms in total. The molecule has 1 N–H and O–H groups in total. The molecule has 0 unspecified atom stereocenters. The quantitative estimate of drug-likeness (QED) is 0.277.